The summed E-state index contributed by atoms with van der Waals surface area (Å²) in [7, 11) is 0. The van der Waals surface area contributed by atoms with Gasteiger partial charge in [0.2, 0.25) is 11.8 Å². The zero-order chi connectivity index (χ0) is 21.1. The molecule has 2 heterocycles. The van der Waals surface area contributed by atoms with Crippen molar-refractivity contribution in [1.82, 2.24) is 15.1 Å². The van der Waals surface area contributed by atoms with Gasteiger partial charge in [-0.1, -0.05) is 43.9 Å². The minimum absolute atomic E-state index is 0.0177. The maximum Gasteiger partial charge on any atom is 0.254 e. The Kier molecular flexibility index (Phi) is 6.11. The zero-order valence-electron chi connectivity index (χ0n) is 18.0. The highest BCUT2D eigenvalue weighted by atomic mass is 16.2. The maximum atomic E-state index is 13.2. The number of benzene rings is 1. The van der Waals surface area contributed by atoms with Crippen LogP contribution in [0.4, 0.5) is 0 Å². The number of rotatable bonds is 4. The Bertz CT molecular complexity index is 806. The molecule has 4 rings (SSSR count). The fourth-order valence-electron chi connectivity index (χ4n) is 5.42. The van der Waals surface area contributed by atoms with E-state index in [0.29, 0.717) is 38.9 Å². The third-order valence-corrected chi connectivity index (χ3v) is 7.24. The molecule has 30 heavy (non-hydrogen) atoms. The normalized spacial score (nSPS) is 21.8. The third kappa shape index (κ3) is 4.23. The molecule has 0 aromatic heterocycles. The first-order valence-electron chi connectivity index (χ1n) is 11.4. The molecule has 162 valence electrons. The molecule has 1 saturated carbocycles. The molecule has 1 aliphatic carbocycles. The van der Waals surface area contributed by atoms with Crippen LogP contribution in [-0.4, -0.2) is 52.2 Å². The Balaban J connectivity index is 1.52. The average molecular weight is 412 g/mol. The van der Waals surface area contributed by atoms with Crippen molar-refractivity contribution in [1.29, 1.82) is 0 Å². The number of likely N-dealkylation sites (tertiary alicyclic amines) is 1. The molecule has 1 saturated heterocycles. The molecule has 0 radical (unpaired) electrons. The van der Waals surface area contributed by atoms with Crippen molar-refractivity contribution in [3.63, 3.8) is 0 Å². The highest BCUT2D eigenvalue weighted by molar-refractivity contribution is 5.99. The number of hydrogen-bond donors (Lipinski definition) is 1. The van der Waals surface area contributed by atoms with E-state index in [-0.39, 0.29) is 23.8 Å². The number of piperidine rings is 1. The Morgan fingerprint density at radius 3 is 2.37 bits per heavy atom. The van der Waals surface area contributed by atoms with Gasteiger partial charge in [-0.15, -0.1) is 0 Å². The Hall–Kier alpha value is -2.37. The van der Waals surface area contributed by atoms with Crippen molar-refractivity contribution < 1.29 is 14.4 Å². The molecule has 3 amide bonds. The highest BCUT2D eigenvalue weighted by Crippen LogP contribution is 2.38. The van der Waals surface area contributed by atoms with Crippen molar-refractivity contribution in [3.05, 3.63) is 35.4 Å². The fraction of sp³-hybridized carbons (Fsp3) is 0.625. The lowest BCUT2D eigenvalue weighted by atomic mass is 9.82. The smallest absolute Gasteiger partial charge is 0.254 e. The Morgan fingerprint density at radius 1 is 1.07 bits per heavy atom. The van der Waals surface area contributed by atoms with Crippen LogP contribution in [0.15, 0.2) is 24.3 Å². The maximum absolute atomic E-state index is 13.2. The molecule has 2 aliphatic heterocycles. The van der Waals surface area contributed by atoms with Gasteiger partial charge in [0.25, 0.3) is 5.91 Å². The summed E-state index contributed by atoms with van der Waals surface area (Å²) in [5.74, 6) is 0.119. The SMILES string of the molecule is CC(=O)N1CCC(CC(=O)NC2CCCCCC2)(N2Cc3ccccc3C2=O)CC1. The van der Waals surface area contributed by atoms with Crippen molar-refractivity contribution >= 4 is 17.7 Å². The van der Waals surface area contributed by atoms with Crippen molar-refractivity contribution in [2.24, 2.45) is 0 Å². The standard InChI is InChI=1S/C24H33N3O3/c1-18(28)26-14-12-24(13-15-26,16-22(29)25-20-9-4-2-3-5-10-20)27-17-19-8-6-7-11-21(19)23(27)30/h6-8,11,20H,2-5,9-10,12-17H2,1H3,(H,25,29). The summed E-state index contributed by atoms with van der Waals surface area (Å²) in [5, 5.41) is 3.27. The third-order valence-electron chi connectivity index (χ3n) is 7.24. The molecular formula is C24H33N3O3. The van der Waals surface area contributed by atoms with Crippen molar-refractivity contribution in [2.75, 3.05) is 13.1 Å². The average Bonchev–Trinajstić information content (AvgIpc) is 2.89. The molecule has 1 aromatic carbocycles. The molecule has 3 aliphatic rings. The van der Waals surface area contributed by atoms with E-state index in [4.69, 9.17) is 0 Å². The van der Waals surface area contributed by atoms with Crippen LogP contribution in [0.1, 0.15) is 80.6 Å². The van der Waals surface area contributed by atoms with Crippen LogP contribution in [0.5, 0.6) is 0 Å². The molecule has 0 unspecified atom stereocenters. The molecule has 0 spiro atoms. The second kappa shape index (κ2) is 8.78. The van der Waals surface area contributed by atoms with Gasteiger partial charge in [-0.25, -0.2) is 0 Å². The van der Waals surface area contributed by atoms with Crippen LogP contribution in [-0.2, 0) is 16.1 Å². The summed E-state index contributed by atoms with van der Waals surface area (Å²) in [5.41, 5.74) is 1.24. The lowest BCUT2D eigenvalue weighted by molar-refractivity contribution is -0.132. The van der Waals surface area contributed by atoms with Gasteiger partial charge in [0.1, 0.15) is 0 Å². The van der Waals surface area contributed by atoms with Gasteiger partial charge in [0, 0.05) is 38.2 Å². The molecule has 0 atom stereocenters. The summed E-state index contributed by atoms with van der Waals surface area (Å²) >= 11 is 0. The minimum atomic E-state index is -0.531. The van der Waals surface area contributed by atoms with Gasteiger partial charge in [-0.2, -0.15) is 0 Å². The van der Waals surface area contributed by atoms with Crippen LogP contribution in [0.3, 0.4) is 0 Å². The topological polar surface area (TPSA) is 69.7 Å². The Morgan fingerprint density at radius 2 is 1.73 bits per heavy atom. The number of hydrogen-bond acceptors (Lipinski definition) is 3. The highest BCUT2D eigenvalue weighted by Gasteiger charge is 2.47. The summed E-state index contributed by atoms with van der Waals surface area (Å²) in [6.45, 7) is 3.31. The first-order chi connectivity index (χ1) is 14.5. The monoisotopic (exact) mass is 411 g/mol. The van der Waals surface area contributed by atoms with Gasteiger partial charge in [0.05, 0.1) is 12.0 Å². The van der Waals surface area contributed by atoms with E-state index in [1.54, 1.807) is 6.92 Å². The van der Waals surface area contributed by atoms with Crippen molar-refractivity contribution in [2.45, 2.75) is 82.8 Å². The van der Waals surface area contributed by atoms with Gasteiger partial charge in [0.15, 0.2) is 0 Å². The van der Waals surface area contributed by atoms with Gasteiger partial charge < -0.3 is 15.1 Å². The largest absolute Gasteiger partial charge is 0.353 e. The second-order valence-electron chi connectivity index (χ2n) is 9.21. The van der Waals surface area contributed by atoms with Gasteiger partial charge in [-0.05, 0) is 37.3 Å². The lowest BCUT2D eigenvalue weighted by Crippen LogP contribution is -2.58. The number of carbonyl (C=O) groups excluding carboxylic acids is 3. The number of nitrogens with one attached hydrogen (secondary N) is 1. The van der Waals surface area contributed by atoms with Crippen LogP contribution in [0, 0.1) is 0 Å². The van der Waals surface area contributed by atoms with Gasteiger partial charge in [-0.3, -0.25) is 14.4 Å². The summed E-state index contributed by atoms with van der Waals surface area (Å²) in [6.07, 6.45) is 8.53. The Labute approximate surface area is 179 Å². The van der Waals surface area contributed by atoms with E-state index in [9.17, 15) is 14.4 Å². The summed E-state index contributed by atoms with van der Waals surface area (Å²) in [4.78, 5) is 42.0. The first-order valence-corrected chi connectivity index (χ1v) is 11.4. The molecule has 2 fully saturated rings. The van der Waals surface area contributed by atoms with Crippen LogP contribution in [0.2, 0.25) is 0 Å². The van der Waals surface area contributed by atoms with E-state index < -0.39 is 5.54 Å². The molecule has 6 nitrogen and oxygen atoms in total. The van der Waals surface area contributed by atoms with E-state index >= 15 is 0 Å². The number of amides is 3. The number of nitrogens with zero attached hydrogens (tertiary/aromatic N) is 2. The predicted octanol–water partition coefficient (Wildman–Crippen LogP) is 3.25. The molecule has 1 N–H and O–H groups in total. The van der Waals surface area contributed by atoms with Crippen LogP contribution < -0.4 is 5.32 Å². The van der Waals surface area contributed by atoms with E-state index in [1.807, 2.05) is 34.1 Å². The van der Waals surface area contributed by atoms with Crippen molar-refractivity contribution in [3.8, 4) is 0 Å². The number of fused-ring (bicyclic) bond motifs is 1. The molecule has 6 heteroatoms. The first kappa shape index (κ1) is 20.9. The van der Waals surface area contributed by atoms with Gasteiger partial charge >= 0.3 is 0 Å². The van der Waals surface area contributed by atoms with E-state index in [1.165, 1.54) is 25.7 Å². The van der Waals surface area contributed by atoms with Crippen LogP contribution in [0.25, 0.3) is 0 Å². The second-order valence-corrected chi connectivity index (χ2v) is 9.21. The summed E-state index contributed by atoms with van der Waals surface area (Å²) < 4.78 is 0. The van der Waals surface area contributed by atoms with E-state index in [0.717, 1.165) is 24.0 Å². The molecular weight excluding hydrogens is 378 g/mol. The summed E-state index contributed by atoms with van der Waals surface area (Å²) in [6, 6.07) is 7.98. The lowest BCUT2D eigenvalue weighted by Gasteiger charge is -2.47. The predicted molar refractivity (Wildman–Crippen MR) is 115 cm³/mol. The molecule has 1 aromatic rings. The number of carbonyl (C=O) groups is 3. The van der Waals surface area contributed by atoms with Crippen LogP contribution >= 0.6 is 0 Å². The minimum Gasteiger partial charge on any atom is -0.353 e. The van der Waals surface area contributed by atoms with E-state index in [2.05, 4.69) is 5.32 Å². The fourth-order valence-corrected chi connectivity index (χ4v) is 5.42. The zero-order valence-corrected chi connectivity index (χ0v) is 18.0. The molecule has 0 bridgehead atoms. The quantitative estimate of drug-likeness (QED) is 0.773.